The highest BCUT2D eigenvalue weighted by atomic mass is 16.3. The van der Waals surface area contributed by atoms with Crippen molar-refractivity contribution in [3.8, 4) is 6.07 Å². The zero-order valence-corrected chi connectivity index (χ0v) is 8.66. The summed E-state index contributed by atoms with van der Waals surface area (Å²) in [6, 6.07) is 6.41. The van der Waals surface area contributed by atoms with Crippen molar-refractivity contribution in [1.29, 1.82) is 5.26 Å². The van der Waals surface area contributed by atoms with Gasteiger partial charge in [-0.05, 0) is 25.5 Å². The van der Waals surface area contributed by atoms with Gasteiger partial charge >= 0.3 is 0 Å². The third-order valence-electron chi connectivity index (χ3n) is 2.29. The first-order chi connectivity index (χ1) is 6.77. The topological polar surface area (TPSA) is 49.0 Å². The Kier molecular flexibility index (Phi) is 4.21. The zero-order valence-electron chi connectivity index (χ0n) is 8.66. The van der Waals surface area contributed by atoms with Crippen LogP contribution in [0.4, 0.5) is 0 Å². The third-order valence-corrected chi connectivity index (χ3v) is 2.29. The largest absolute Gasteiger partial charge is 0.468 e. The molecule has 0 bridgehead atoms. The van der Waals surface area contributed by atoms with Crippen molar-refractivity contribution in [2.24, 2.45) is 0 Å². The fourth-order valence-corrected chi connectivity index (χ4v) is 1.40. The first-order valence-electron chi connectivity index (χ1n) is 4.94. The number of hydrogen-bond donors (Lipinski definition) is 1. The lowest BCUT2D eigenvalue weighted by Gasteiger charge is -2.18. The van der Waals surface area contributed by atoms with Gasteiger partial charge in [0.15, 0.2) is 0 Å². The molecule has 0 aliphatic rings. The molecule has 3 nitrogen and oxygen atoms in total. The Labute approximate surface area is 84.7 Å². The molecule has 0 aliphatic carbocycles. The molecule has 0 radical (unpaired) electrons. The Morgan fingerprint density at radius 2 is 2.43 bits per heavy atom. The molecule has 1 heterocycles. The minimum Gasteiger partial charge on any atom is -0.468 e. The van der Waals surface area contributed by atoms with E-state index in [1.54, 1.807) is 6.26 Å². The maximum atomic E-state index is 8.60. The lowest BCUT2D eigenvalue weighted by molar-refractivity contribution is 0.384. The summed E-state index contributed by atoms with van der Waals surface area (Å²) in [7, 11) is 0. The molecule has 0 amide bonds. The van der Waals surface area contributed by atoms with Gasteiger partial charge in [0.05, 0.1) is 24.8 Å². The van der Waals surface area contributed by atoms with Crippen LogP contribution >= 0.6 is 0 Å². The number of nitriles is 1. The second-order valence-corrected chi connectivity index (χ2v) is 3.37. The highest BCUT2D eigenvalue weighted by molar-refractivity contribution is 5.03. The molecule has 1 unspecified atom stereocenters. The first-order valence-corrected chi connectivity index (χ1v) is 4.94. The van der Waals surface area contributed by atoms with E-state index in [1.807, 2.05) is 19.1 Å². The highest BCUT2D eigenvalue weighted by Gasteiger charge is 2.12. The van der Waals surface area contributed by atoms with Gasteiger partial charge in [-0.15, -0.1) is 0 Å². The molecule has 0 spiro atoms. The lowest BCUT2D eigenvalue weighted by Crippen LogP contribution is -2.30. The summed E-state index contributed by atoms with van der Waals surface area (Å²) in [4.78, 5) is 0. The molecule has 1 aromatic heterocycles. The Hall–Kier alpha value is -1.27. The summed E-state index contributed by atoms with van der Waals surface area (Å²) in [5.74, 6) is 0.918. The second-order valence-electron chi connectivity index (χ2n) is 3.37. The van der Waals surface area contributed by atoms with Crippen LogP contribution in [0.1, 0.15) is 38.5 Å². The van der Waals surface area contributed by atoms with Gasteiger partial charge in [0, 0.05) is 6.04 Å². The van der Waals surface area contributed by atoms with Crippen LogP contribution in [-0.2, 0) is 0 Å². The summed E-state index contributed by atoms with van der Waals surface area (Å²) in [5, 5.41) is 12.0. The van der Waals surface area contributed by atoms with Crippen LogP contribution in [0.15, 0.2) is 22.8 Å². The standard InChI is InChI=1S/C11H16N2O/c1-3-10(6-7-12)13-9(2)11-5-4-8-14-11/h4-5,8-10,13H,3,6H2,1-2H3/t9-,10?/m1/s1. The van der Waals surface area contributed by atoms with Crippen molar-refractivity contribution in [2.75, 3.05) is 0 Å². The fraction of sp³-hybridized carbons (Fsp3) is 0.545. The van der Waals surface area contributed by atoms with Gasteiger partial charge in [-0.1, -0.05) is 6.92 Å². The molecular weight excluding hydrogens is 176 g/mol. The van der Waals surface area contributed by atoms with E-state index in [0.29, 0.717) is 6.42 Å². The van der Waals surface area contributed by atoms with E-state index in [2.05, 4.69) is 18.3 Å². The monoisotopic (exact) mass is 192 g/mol. The second kappa shape index (κ2) is 5.46. The van der Waals surface area contributed by atoms with Gasteiger partial charge in [-0.25, -0.2) is 0 Å². The highest BCUT2D eigenvalue weighted by Crippen LogP contribution is 2.14. The molecule has 2 atom stereocenters. The van der Waals surface area contributed by atoms with Crippen molar-refractivity contribution in [3.63, 3.8) is 0 Å². The average molecular weight is 192 g/mol. The molecule has 1 rings (SSSR count). The smallest absolute Gasteiger partial charge is 0.120 e. The molecule has 0 fully saturated rings. The normalized spacial score (nSPS) is 14.6. The van der Waals surface area contributed by atoms with E-state index in [9.17, 15) is 0 Å². The number of rotatable bonds is 5. The predicted molar refractivity (Wildman–Crippen MR) is 54.6 cm³/mol. The van der Waals surface area contributed by atoms with Crippen molar-refractivity contribution < 1.29 is 4.42 Å². The molecular formula is C11H16N2O. The van der Waals surface area contributed by atoms with Crippen LogP contribution in [0.5, 0.6) is 0 Å². The average Bonchev–Trinajstić information content (AvgIpc) is 2.69. The quantitative estimate of drug-likeness (QED) is 0.780. The number of furan rings is 1. The van der Waals surface area contributed by atoms with Gasteiger partial charge in [0.1, 0.15) is 5.76 Å². The third kappa shape index (κ3) is 2.90. The molecule has 14 heavy (non-hydrogen) atoms. The maximum Gasteiger partial charge on any atom is 0.120 e. The Morgan fingerprint density at radius 1 is 1.64 bits per heavy atom. The minimum atomic E-state index is 0.170. The van der Waals surface area contributed by atoms with Crippen LogP contribution in [0.2, 0.25) is 0 Å². The van der Waals surface area contributed by atoms with Gasteiger partial charge in [-0.3, -0.25) is 0 Å². The van der Waals surface area contributed by atoms with Crippen molar-refractivity contribution in [2.45, 2.75) is 38.8 Å². The van der Waals surface area contributed by atoms with Crippen molar-refractivity contribution in [3.05, 3.63) is 24.2 Å². The van der Waals surface area contributed by atoms with Crippen LogP contribution in [0, 0.1) is 11.3 Å². The molecule has 0 aliphatic heterocycles. The molecule has 1 N–H and O–H groups in total. The van der Waals surface area contributed by atoms with Crippen LogP contribution in [0.25, 0.3) is 0 Å². The number of hydrogen-bond acceptors (Lipinski definition) is 3. The van der Waals surface area contributed by atoms with Gasteiger partial charge in [-0.2, -0.15) is 5.26 Å². The number of nitrogens with zero attached hydrogens (tertiary/aromatic N) is 1. The Balaban J connectivity index is 2.47. The maximum absolute atomic E-state index is 8.60. The SMILES string of the molecule is CCC(CC#N)N[C@H](C)c1ccco1. The van der Waals surface area contributed by atoms with Crippen molar-refractivity contribution in [1.82, 2.24) is 5.32 Å². The van der Waals surface area contributed by atoms with E-state index in [-0.39, 0.29) is 12.1 Å². The van der Waals surface area contributed by atoms with E-state index in [0.717, 1.165) is 12.2 Å². The summed E-state index contributed by atoms with van der Waals surface area (Å²) in [6.07, 6.45) is 3.17. The van der Waals surface area contributed by atoms with E-state index in [4.69, 9.17) is 9.68 Å². The molecule has 1 aromatic rings. The predicted octanol–water partition coefficient (Wildman–Crippen LogP) is 2.62. The Bertz CT molecular complexity index is 287. The molecule has 0 saturated heterocycles. The van der Waals surface area contributed by atoms with Gasteiger partial charge in [0.25, 0.3) is 0 Å². The van der Waals surface area contributed by atoms with Crippen LogP contribution in [-0.4, -0.2) is 6.04 Å². The molecule has 0 saturated carbocycles. The minimum absolute atomic E-state index is 0.170. The zero-order chi connectivity index (χ0) is 10.4. The summed E-state index contributed by atoms with van der Waals surface area (Å²) in [6.45, 7) is 4.11. The van der Waals surface area contributed by atoms with E-state index in [1.165, 1.54) is 0 Å². The lowest BCUT2D eigenvalue weighted by atomic mass is 10.1. The van der Waals surface area contributed by atoms with E-state index < -0.39 is 0 Å². The van der Waals surface area contributed by atoms with Gasteiger partial charge in [0.2, 0.25) is 0 Å². The van der Waals surface area contributed by atoms with Crippen LogP contribution in [0.3, 0.4) is 0 Å². The van der Waals surface area contributed by atoms with Crippen molar-refractivity contribution >= 4 is 0 Å². The summed E-state index contributed by atoms with van der Waals surface area (Å²) < 4.78 is 5.27. The van der Waals surface area contributed by atoms with Crippen LogP contribution < -0.4 is 5.32 Å². The first kappa shape index (κ1) is 10.8. The summed E-state index contributed by atoms with van der Waals surface area (Å²) >= 11 is 0. The van der Waals surface area contributed by atoms with E-state index >= 15 is 0 Å². The fourth-order valence-electron chi connectivity index (χ4n) is 1.40. The molecule has 76 valence electrons. The molecule has 3 heteroatoms. The Morgan fingerprint density at radius 3 is 2.93 bits per heavy atom. The van der Waals surface area contributed by atoms with Gasteiger partial charge < -0.3 is 9.73 Å². The summed E-state index contributed by atoms with van der Waals surface area (Å²) in [5.41, 5.74) is 0. The number of nitrogens with one attached hydrogen (secondary N) is 1. The molecule has 0 aromatic carbocycles.